The highest BCUT2D eigenvalue weighted by Crippen LogP contribution is 2.39. The van der Waals surface area contributed by atoms with Gasteiger partial charge in [0.25, 0.3) is 0 Å². The molecule has 0 radical (unpaired) electrons. The number of aromatic amines is 1. The van der Waals surface area contributed by atoms with E-state index in [2.05, 4.69) is 44.6 Å². The van der Waals surface area contributed by atoms with E-state index in [1.807, 2.05) is 0 Å². The topological polar surface area (TPSA) is 78.5 Å². The maximum atomic E-state index is 4.54. The van der Waals surface area contributed by atoms with Crippen molar-refractivity contribution in [2.45, 2.75) is 38.6 Å². The summed E-state index contributed by atoms with van der Waals surface area (Å²) < 4.78 is 0. The first-order chi connectivity index (χ1) is 8.70. The number of nitrogens with one attached hydrogen (secondary N) is 3. The molecule has 0 unspecified atom stereocenters. The third kappa shape index (κ3) is 2.10. The molecule has 1 saturated carbocycles. The lowest BCUT2D eigenvalue weighted by Gasteiger charge is -2.14. The number of hydrogen-bond donors (Lipinski definition) is 3. The third-order valence-electron chi connectivity index (χ3n) is 3.26. The molecule has 0 atom stereocenters. The molecule has 2 heterocycles. The standard InChI is InChI=1S/C12H18N6/c1-3-6-13-11-15-9(17-12(2)4-5-12)8-7-14-18-10(8)16-11/h7H,3-6H2,1-2H3,(H3,13,14,15,16,17,18). The highest BCUT2D eigenvalue weighted by molar-refractivity contribution is 5.87. The molecule has 1 fully saturated rings. The van der Waals surface area contributed by atoms with Gasteiger partial charge in [-0.1, -0.05) is 6.92 Å². The van der Waals surface area contributed by atoms with Crippen molar-refractivity contribution in [2.75, 3.05) is 17.2 Å². The first kappa shape index (κ1) is 11.3. The first-order valence-electron chi connectivity index (χ1n) is 6.43. The van der Waals surface area contributed by atoms with E-state index in [1.165, 1.54) is 12.8 Å². The number of aromatic nitrogens is 4. The Morgan fingerprint density at radius 2 is 2.22 bits per heavy atom. The molecule has 2 aromatic rings. The van der Waals surface area contributed by atoms with Gasteiger partial charge in [0.2, 0.25) is 5.95 Å². The average molecular weight is 246 g/mol. The van der Waals surface area contributed by atoms with E-state index in [4.69, 9.17) is 0 Å². The molecule has 0 saturated heterocycles. The van der Waals surface area contributed by atoms with Gasteiger partial charge in [-0.3, -0.25) is 5.10 Å². The quantitative estimate of drug-likeness (QED) is 0.753. The van der Waals surface area contributed by atoms with E-state index < -0.39 is 0 Å². The lowest BCUT2D eigenvalue weighted by molar-refractivity contribution is 0.822. The number of nitrogens with zero attached hydrogens (tertiary/aromatic N) is 3. The lowest BCUT2D eigenvalue weighted by atomic mass is 10.3. The van der Waals surface area contributed by atoms with Gasteiger partial charge in [0.15, 0.2) is 5.65 Å². The zero-order chi connectivity index (χ0) is 12.6. The summed E-state index contributed by atoms with van der Waals surface area (Å²) in [6.07, 6.45) is 5.19. The minimum atomic E-state index is 0.195. The summed E-state index contributed by atoms with van der Waals surface area (Å²) in [6, 6.07) is 0. The summed E-state index contributed by atoms with van der Waals surface area (Å²) in [6.45, 7) is 5.20. The molecule has 18 heavy (non-hydrogen) atoms. The van der Waals surface area contributed by atoms with E-state index in [-0.39, 0.29) is 5.54 Å². The van der Waals surface area contributed by atoms with Crippen LogP contribution < -0.4 is 10.6 Å². The molecule has 2 aromatic heterocycles. The molecule has 0 amide bonds. The van der Waals surface area contributed by atoms with Crippen molar-refractivity contribution in [2.24, 2.45) is 0 Å². The lowest BCUT2D eigenvalue weighted by Crippen LogP contribution is -2.18. The maximum Gasteiger partial charge on any atom is 0.226 e. The average Bonchev–Trinajstić information content (AvgIpc) is 2.90. The molecule has 0 spiro atoms. The number of anilines is 2. The van der Waals surface area contributed by atoms with Gasteiger partial charge >= 0.3 is 0 Å². The van der Waals surface area contributed by atoms with Gasteiger partial charge in [0, 0.05) is 12.1 Å². The second-order valence-corrected chi connectivity index (χ2v) is 5.14. The largest absolute Gasteiger partial charge is 0.364 e. The van der Waals surface area contributed by atoms with Crippen molar-refractivity contribution in [3.05, 3.63) is 6.20 Å². The Morgan fingerprint density at radius 1 is 1.39 bits per heavy atom. The van der Waals surface area contributed by atoms with E-state index in [9.17, 15) is 0 Å². The Hall–Kier alpha value is -1.85. The van der Waals surface area contributed by atoms with Crippen molar-refractivity contribution < 1.29 is 0 Å². The van der Waals surface area contributed by atoms with E-state index in [0.717, 1.165) is 29.8 Å². The fraction of sp³-hybridized carbons (Fsp3) is 0.583. The summed E-state index contributed by atoms with van der Waals surface area (Å²) in [5.74, 6) is 1.52. The summed E-state index contributed by atoms with van der Waals surface area (Å²) in [5, 5.41) is 14.6. The molecule has 1 aliphatic carbocycles. The zero-order valence-corrected chi connectivity index (χ0v) is 10.7. The van der Waals surface area contributed by atoms with Gasteiger partial charge in [-0.05, 0) is 26.2 Å². The van der Waals surface area contributed by atoms with Gasteiger partial charge in [-0.25, -0.2) is 0 Å². The molecule has 96 valence electrons. The van der Waals surface area contributed by atoms with Crippen molar-refractivity contribution in [3.8, 4) is 0 Å². The summed E-state index contributed by atoms with van der Waals surface area (Å²) in [7, 11) is 0. The second-order valence-electron chi connectivity index (χ2n) is 5.14. The first-order valence-corrected chi connectivity index (χ1v) is 6.43. The Balaban J connectivity index is 1.95. The van der Waals surface area contributed by atoms with Gasteiger partial charge < -0.3 is 10.6 Å². The van der Waals surface area contributed by atoms with Crippen LogP contribution in [0.5, 0.6) is 0 Å². The minimum absolute atomic E-state index is 0.195. The maximum absolute atomic E-state index is 4.54. The Bertz CT molecular complexity index is 557. The van der Waals surface area contributed by atoms with Crippen molar-refractivity contribution in [1.82, 2.24) is 20.2 Å². The fourth-order valence-electron chi connectivity index (χ4n) is 1.84. The fourth-order valence-corrected chi connectivity index (χ4v) is 1.84. The van der Waals surface area contributed by atoms with Gasteiger partial charge in [-0.2, -0.15) is 15.1 Å². The number of fused-ring (bicyclic) bond motifs is 1. The molecule has 1 aliphatic rings. The minimum Gasteiger partial charge on any atom is -0.364 e. The molecule has 3 rings (SSSR count). The number of hydrogen-bond acceptors (Lipinski definition) is 5. The SMILES string of the molecule is CCCNc1nc(NC2(C)CC2)c2cn[nH]c2n1. The summed E-state index contributed by atoms with van der Waals surface area (Å²) in [4.78, 5) is 8.95. The number of H-pyrrole nitrogens is 1. The Morgan fingerprint density at radius 3 is 2.94 bits per heavy atom. The highest BCUT2D eigenvalue weighted by Gasteiger charge is 2.38. The van der Waals surface area contributed by atoms with E-state index in [0.29, 0.717) is 5.95 Å². The Kier molecular flexibility index (Phi) is 2.57. The molecule has 6 nitrogen and oxygen atoms in total. The van der Waals surface area contributed by atoms with Crippen LogP contribution in [0, 0.1) is 0 Å². The third-order valence-corrected chi connectivity index (χ3v) is 3.26. The van der Waals surface area contributed by atoms with Crippen LogP contribution in [0.25, 0.3) is 11.0 Å². The van der Waals surface area contributed by atoms with Crippen LogP contribution in [0.3, 0.4) is 0 Å². The molecular formula is C12H18N6. The number of rotatable bonds is 5. The molecular weight excluding hydrogens is 228 g/mol. The van der Waals surface area contributed by atoms with Crippen LogP contribution in [0.1, 0.15) is 33.1 Å². The van der Waals surface area contributed by atoms with Crippen molar-refractivity contribution in [1.29, 1.82) is 0 Å². The van der Waals surface area contributed by atoms with Gasteiger partial charge in [-0.15, -0.1) is 0 Å². The molecule has 6 heteroatoms. The van der Waals surface area contributed by atoms with Crippen molar-refractivity contribution >= 4 is 22.8 Å². The Labute approximate surface area is 106 Å². The van der Waals surface area contributed by atoms with Crippen LogP contribution in [0.4, 0.5) is 11.8 Å². The normalized spacial score (nSPS) is 16.8. The molecule has 0 aliphatic heterocycles. The molecule has 0 aromatic carbocycles. The van der Waals surface area contributed by atoms with Crippen LogP contribution in [0.15, 0.2) is 6.20 Å². The van der Waals surface area contributed by atoms with Crippen LogP contribution in [-0.2, 0) is 0 Å². The second kappa shape index (κ2) is 4.12. The van der Waals surface area contributed by atoms with Gasteiger partial charge in [0.1, 0.15) is 5.82 Å². The van der Waals surface area contributed by atoms with Crippen molar-refractivity contribution in [3.63, 3.8) is 0 Å². The van der Waals surface area contributed by atoms with Gasteiger partial charge in [0.05, 0.1) is 11.6 Å². The van der Waals surface area contributed by atoms with E-state index >= 15 is 0 Å². The predicted molar refractivity (Wildman–Crippen MR) is 71.7 cm³/mol. The van der Waals surface area contributed by atoms with Crippen LogP contribution >= 0.6 is 0 Å². The van der Waals surface area contributed by atoms with E-state index in [1.54, 1.807) is 6.20 Å². The zero-order valence-electron chi connectivity index (χ0n) is 10.7. The highest BCUT2D eigenvalue weighted by atomic mass is 15.2. The predicted octanol–water partition coefficient (Wildman–Crippen LogP) is 2.14. The molecule has 3 N–H and O–H groups in total. The summed E-state index contributed by atoms with van der Waals surface area (Å²) in [5.41, 5.74) is 0.968. The van der Waals surface area contributed by atoms with Crippen LogP contribution in [0.2, 0.25) is 0 Å². The summed E-state index contributed by atoms with van der Waals surface area (Å²) >= 11 is 0. The smallest absolute Gasteiger partial charge is 0.226 e. The molecule has 0 bridgehead atoms. The van der Waals surface area contributed by atoms with Crippen LogP contribution in [-0.4, -0.2) is 32.2 Å². The monoisotopic (exact) mass is 246 g/mol.